The molecular formula is C31H40N6. The minimum absolute atomic E-state index is 0.147. The van der Waals surface area contributed by atoms with Crippen LogP contribution in [0, 0.1) is 41.4 Å². The van der Waals surface area contributed by atoms with E-state index < -0.39 is 0 Å². The number of rotatable bonds is 6. The second-order valence-corrected chi connectivity index (χ2v) is 11.0. The van der Waals surface area contributed by atoms with Crippen LogP contribution >= 0.6 is 0 Å². The number of allylic oxidation sites excluding steroid dienone is 2. The van der Waals surface area contributed by atoms with Crippen molar-refractivity contribution in [2.45, 2.75) is 65.3 Å². The zero-order chi connectivity index (χ0) is 25.9. The van der Waals surface area contributed by atoms with E-state index in [0.29, 0.717) is 6.04 Å². The Labute approximate surface area is 222 Å². The van der Waals surface area contributed by atoms with Gasteiger partial charge >= 0.3 is 0 Å². The van der Waals surface area contributed by atoms with Crippen molar-refractivity contribution in [2.24, 2.45) is 11.8 Å². The van der Waals surface area contributed by atoms with E-state index in [4.69, 9.17) is 0 Å². The first-order chi connectivity index (χ1) is 18.1. The van der Waals surface area contributed by atoms with Crippen LogP contribution in [0.15, 0.2) is 58.7 Å². The first-order valence-corrected chi connectivity index (χ1v) is 14.1. The largest absolute Gasteiger partial charge is 0.371 e. The van der Waals surface area contributed by atoms with Crippen LogP contribution in [0.1, 0.15) is 57.9 Å². The molecule has 1 unspecified atom stereocenters. The van der Waals surface area contributed by atoms with Gasteiger partial charge in [-0.3, -0.25) is 4.90 Å². The fraction of sp³-hybridized carbons (Fsp3) is 0.548. The Balaban J connectivity index is 1.69. The highest BCUT2D eigenvalue weighted by molar-refractivity contribution is 5.72. The molecule has 0 amide bonds. The number of piperidine rings is 2. The van der Waals surface area contributed by atoms with Crippen LogP contribution in [-0.4, -0.2) is 48.6 Å². The fourth-order valence-electron chi connectivity index (χ4n) is 6.22. The Kier molecular flexibility index (Phi) is 7.58. The molecule has 1 aromatic rings. The molecule has 1 N–H and O–H groups in total. The Hall–Kier alpha value is -3.22. The lowest BCUT2D eigenvalue weighted by atomic mass is 9.89. The number of hydrogen-bond acceptors (Lipinski definition) is 6. The molecule has 3 fully saturated rings. The van der Waals surface area contributed by atoms with Crippen molar-refractivity contribution in [1.29, 1.82) is 10.5 Å². The quantitative estimate of drug-likeness (QED) is 0.529. The van der Waals surface area contributed by atoms with E-state index in [1.54, 1.807) is 0 Å². The predicted octanol–water partition coefficient (Wildman–Crippen LogP) is 5.43. The van der Waals surface area contributed by atoms with Gasteiger partial charge in [0.25, 0.3) is 0 Å². The molecule has 0 aliphatic carbocycles. The molecule has 1 atom stereocenters. The zero-order valence-corrected chi connectivity index (χ0v) is 22.6. The Morgan fingerprint density at radius 1 is 0.946 bits per heavy atom. The summed E-state index contributed by atoms with van der Waals surface area (Å²) < 4.78 is 0. The number of nitriles is 2. The first kappa shape index (κ1) is 25.4. The van der Waals surface area contributed by atoms with Gasteiger partial charge in [0.15, 0.2) is 0 Å². The van der Waals surface area contributed by atoms with Gasteiger partial charge in [0.1, 0.15) is 5.82 Å². The number of unbranched alkanes of at least 4 members (excludes halogenated alkanes) is 1. The molecule has 1 aromatic carbocycles. The summed E-state index contributed by atoms with van der Waals surface area (Å²) in [4.78, 5) is 7.64. The fourth-order valence-corrected chi connectivity index (χ4v) is 6.22. The molecule has 4 heterocycles. The maximum Gasteiger partial charge on any atom is 0.118 e. The second kappa shape index (κ2) is 11.0. The summed E-state index contributed by atoms with van der Waals surface area (Å²) >= 11 is 0. The highest BCUT2D eigenvalue weighted by atomic mass is 15.4. The number of para-hydroxylation sites is 1. The van der Waals surface area contributed by atoms with Gasteiger partial charge < -0.3 is 15.1 Å². The summed E-state index contributed by atoms with van der Waals surface area (Å²) in [5.74, 6) is 1.58. The van der Waals surface area contributed by atoms with E-state index in [1.165, 1.54) is 39.6 Å². The third-order valence-corrected chi connectivity index (χ3v) is 8.38. The lowest BCUT2D eigenvalue weighted by molar-refractivity contribution is 0.236. The van der Waals surface area contributed by atoms with Crippen LogP contribution in [-0.2, 0) is 0 Å². The van der Waals surface area contributed by atoms with E-state index >= 15 is 0 Å². The topological polar surface area (TPSA) is 79.2 Å². The van der Waals surface area contributed by atoms with Gasteiger partial charge in [-0.05, 0) is 57.6 Å². The van der Waals surface area contributed by atoms with Crippen molar-refractivity contribution < 1.29 is 0 Å². The molecule has 3 saturated heterocycles. The van der Waals surface area contributed by atoms with Crippen molar-refractivity contribution in [1.82, 2.24) is 15.1 Å². The minimum atomic E-state index is 0.147. The number of hydrogen-bond donors (Lipinski definition) is 1. The monoisotopic (exact) mass is 496 g/mol. The molecule has 194 valence electrons. The van der Waals surface area contributed by atoms with Gasteiger partial charge in [-0.15, -0.1) is 0 Å². The predicted molar refractivity (Wildman–Crippen MR) is 148 cm³/mol. The normalized spacial score (nSPS) is 24.5. The summed E-state index contributed by atoms with van der Waals surface area (Å²) in [5.41, 5.74) is 7.93. The number of nitrogens with one attached hydrogen (secondary N) is 1. The molecular weight excluding hydrogens is 456 g/mol. The van der Waals surface area contributed by atoms with Crippen molar-refractivity contribution in [3.63, 3.8) is 0 Å². The molecule has 6 nitrogen and oxygen atoms in total. The number of benzene rings is 1. The van der Waals surface area contributed by atoms with Crippen LogP contribution in [0.25, 0.3) is 0 Å². The van der Waals surface area contributed by atoms with Crippen LogP contribution in [0.5, 0.6) is 0 Å². The van der Waals surface area contributed by atoms with Gasteiger partial charge in [-0.25, -0.2) is 0 Å². The maximum absolute atomic E-state index is 9.56. The van der Waals surface area contributed by atoms with E-state index in [-0.39, 0.29) is 11.8 Å². The summed E-state index contributed by atoms with van der Waals surface area (Å²) in [6, 6.07) is 14.1. The van der Waals surface area contributed by atoms with Crippen molar-refractivity contribution in [3.05, 3.63) is 64.3 Å². The average Bonchev–Trinajstić information content (AvgIpc) is 3.78. The Morgan fingerprint density at radius 2 is 1.54 bits per heavy atom. The Bertz CT molecular complexity index is 1170. The average molecular weight is 497 g/mol. The molecule has 0 spiro atoms. The SMILES string of the molecule is CCC/C=C1\C(C2CN2)=C(N2CCC(C#N)CC2)C(C)=C(N2CCC(C#N)CC2)N1c1ccccc1C. The lowest BCUT2D eigenvalue weighted by Crippen LogP contribution is -2.46. The minimum Gasteiger partial charge on any atom is -0.371 e. The highest BCUT2D eigenvalue weighted by Gasteiger charge is 2.42. The summed E-state index contributed by atoms with van der Waals surface area (Å²) in [6.07, 6.45) is 8.26. The van der Waals surface area contributed by atoms with E-state index in [2.05, 4.69) is 83.3 Å². The van der Waals surface area contributed by atoms with Gasteiger partial charge in [-0.2, -0.15) is 10.5 Å². The van der Waals surface area contributed by atoms with Crippen molar-refractivity contribution in [3.8, 4) is 12.1 Å². The molecule has 5 rings (SSSR count). The van der Waals surface area contributed by atoms with Crippen LogP contribution in [0.3, 0.4) is 0 Å². The third-order valence-electron chi connectivity index (χ3n) is 8.38. The first-order valence-electron chi connectivity index (χ1n) is 14.1. The van der Waals surface area contributed by atoms with E-state index in [9.17, 15) is 10.5 Å². The molecule has 4 aliphatic rings. The summed E-state index contributed by atoms with van der Waals surface area (Å²) in [6.45, 7) is 11.4. The standard InChI is InChI=1S/C31H40N6/c1-4-5-9-28-29(26-21-34-26)30(35-15-11-24(19-32)12-16-35)23(3)31(36-17-13-25(20-33)14-18-36)37(28)27-10-7-6-8-22(27)2/h6-10,24-26,34H,4-5,11-18,21H2,1-3H3/b28-9+. The molecule has 4 aliphatic heterocycles. The zero-order valence-electron chi connectivity index (χ0n) is 22.6. The smallest absolute Gasteiger partial charge is 0.118 e. The van der Waals surface area contributed by atoms with Gasteiger partial charge in [0.2, 0.25) is 0 Å². The van der Waals surface area contributed by atoms with Gasteiger partial charge in [-0.1, -0.05) is 37.6 Å². The van der Waals surface area contributed by atoms with Crippen molar-refractivity contribution >= 4 is 5.69 Å². The molecule has 6 heteroatoms. The third kappa shape index (κ3) is 5.00. The van der Waals surface area contributed by atoms with Crippen molar-refractivity contribution in [2.75, 3.05) is 37.6 Å². The maximum atomic E-state index is 9.56. The second-order valence-electron chi connectivity index (χ2n) is 11.0. The number of likely N-dealkylation sites (tertiary alicyclic amines) is 2. The van der Waals surface area contributed by atoms with E-state index in [1.807, 2.05) is 0 Å². The highest BCUT2D eigenvalue weighted by Crippen LogP contribution is 2.45. The molecule has 37 heavy (non-hydrogen) atoms. The molecule has 0 bridgehead atoms. The molecule has 0 radical (unpaired) electrons. The lowest BCUT2D eigenvalue weighted by Gasteiger charge is -2.47. The summed E-state index contributed by atoms with van der Waals surface area (Å²) in [7, 11) is 0. The Morgan fingerprint density at radius 3 is 2.08 bits per heavy atom. The van der Waals surface area contributed by atoms with Gasteiger partial charge in [0.05, 0.1) is 29.2 Å². The number of nitrogens with zero attached hydrogens (tertiary/aromatic N) is 5. The number of anilines is 1. The van der Waals surface area contributed by atoms with Crippen LogP contribution < -0.4 is 10.2 Å². The number of aryl methyl sites for hydroxylation is 1. The van der Waals surface area contributed by atoms with Gasteiger partial charge in [0, 0.05) is 61.7 Å². The van der Waals surface area contributed by atoms with E-state index in [0.717, 1.165) is 71.2 Å². The molecule has 0 aromatic heterocycles. The molecule has 0 saturated carbocycles. The van der Waals surface area contributed by atoms with Crippen LogP contribution in [0.4, 0.5) is 5.69 Å². The summed E-state index contributed by atoms with van der Waals surface area (Å²) in [5, 5.41) is 22.7. The van der Waals surface area contributed by atoms with Crippen LogP contribution in [0.2, 0.25) is 0 Å².